The van der Waals surface area contributed by atoms with Gasteiger partial charge in [-0.25, -0.2) is 4.63 Å². The molecule has 2 N–H and O–H groups in total. The molecular weight excluding hydrogens is 284 g/mol. The molecule has 1 aromatic carbocycles. The van der Waals surface area contributed by atoms with E-state index >= 15 is 0 Å². The number of halogens is 1. The number of hydrogen-bond acceptors (Lipinski definition) is 6. The van der Waals surface area contributed by atoms with E-state index in [9.17, 15) is 4.79 Å². The van der Waals surface area contributed by atoms with E-state index in [0.29, 0.717) is 23.9 Å². The number of carbonyl (C=O) groups excluding carboxylic acids is 1. The molecule has 0 aliphatic heterocycles. The van der Waals surface area contributed by atoms with Crippen LogP contribution in [0.2, 0.25) is 5.02 Å². The lowest BCUT2D eigenvalue weighted by Gasteiger charge is -2.16. The van der Waals surface area contributed by atoms with Crippen molar-refractivity contribution in [2.45, 2.75) is 0 Å². The molecule has 2 rings (SSSR count). The lowest BCUT2D eigenvalue weighted by atomic mass is 10.3. The molecule has 1 heterocycles. The molecule has 20 heavy (non-hydrogen) atoms. The SMILES string of the molecule is CN(CCOc1cccc(Cl)c1)C(=O)c1nonc1N. The van der Waals surface area contributed by atoms with Crippen molar-refractivity contribution in [3.63, 3.8) is 0 Å². The average molecular weight is 297 g/mol. The van der Waals surface area contributed by atoms with Crippen molar-refractivity contribution in [3.05, 3.63) is 35.0 Å². The molecule has 0 aliphatic carbocycles. The molecule has 7 nitrogen and oxygen atoms in total. The fourth-order valence-electron chi connectivity index (χ4n) is 1.48. The first kappa shape index (κ1) is 14.1. The van der Waals surface area contributed by atoms with E-state index in [1.54, 1.807) is 31.3 Å². The number of rotatable bonds is 5. The molecule has 0 radical (unpaired) electrons. The molecule has 0 spiro atoms. The van der Waals surface area contributed by atoms with Gasteiger partial charge in [0.05, 0.1) is 6.54 Å². The molecule has 0 fully saturated rings. The predicted molar refractivity (Wildman–Crippen MR) is 72.6 cm³/mol. The molecule has 0 atom stereocenters. The first-order valence-electron chi connectivity index (χ1n) is 5.80. The van der Waals surface area contributed by atoms with Crippen LogP contribution in [0.4, 0.5) is 5.82 Å². The lowest BCUT2D eigenvalue weighted by Crippen LogP contribution is -2.31. The number of carbonyl (C=O) groups is 1. The summed E-state index contributed by atoms with van der Waals surface area (Å²) in [5.41, 5.74) is 5.45. The highest BCUT2D eigenvalue weighted by atomic mass is 35.5. The summed E-state index contributed by atoms with van der Waals surface area (Å²) in [5, 5.41) is 7.40. The van der Waals surface area contributed by atoms with Gasteiger partial charge in [-0.05, 0) is 28.5 Å². The van der Waals surface area contributed by atoms with E-state index < -0.39 is 0 Å². The number of likely N-dealkylation sites (N-methyl/N-ethyl adjacent to an activating group) is 1. The van der Waals surface area contributed by atoms with Crippen molar-refractivity contribution in [2.24, 2.45) is 0 Å². The Labute approximate surface area is 120 Å². The fourth-order valence-corrected chi connectivity index (χ4v) is 1.66. The third kappa shape index (κ3) is 3.39. The monoisotopic (exact) mass is 296 g/mol. The van der Waals surface area contributed by atoms with E-state index in [1.165, 1.54) is 4.90 Å². The van der Waals surface area contributed by atoms with Gasteiger partial charge in [-0.15, -0.1) is 0 Å². The number of benzene rings is 1. The highest BCUT2D eigenvalue weighted by molar-refractivity contribution is 6.30. The van der Waals surface area contributed by atoms with Crippen molar-refractivity contribution in [1.29, 1.82) is 0 Å². The minimum Gasteiger partial charge on any atom is -0.492 e. The summed E-state index contributed by atoms with van der Waals surface area (Å²) in [6.07, 6.45) is 0. The standard InChI is InChI=1S/C12H13ClN4O3/c1-17(12(18)10-11(14)16-20-15-10)5-6-19-9-4-2-3-8(13)7-9/h2-4,7H,5-6H2,1H3,(H2,14,16). The molecule has 8 heteroatoms. The average Bonchev–Trinajstić information content (AvgIpc) is 2.84. The maximum atomic E-state index is 11.9. The van der Waals surface area contributed by atoms with Crippen LogP contribution in [0.5, 0.6) is 5.75 Å². The molecule has 0 unspecified atom stereocenters. The maximum Gasteiger partial charge on any atom is 0.279 e. The van der Waals surface area contributed by atoms with Gasteiger partial charge in [0.2, 0.25) is 11.5 Å². The van der Waals surface area contributed by atoms with Crippen LogP contribution in [0.25, 0.3) is 0 Å². The Hall–Kier alpha value is -2.28. The highest BCUT2D eigenvalue weighted by Gasteiger charge is 2.19. The minimum absolute atomic E-state index is 0.00439. The number of nitrogen functional groups attached to an aromatic ring is 1. The summed E-state index contributed by atoms with van der Waals surface area (Å²) in [6.45, 7) is 0.672. The summed E-state index contributed by atoms with van der Waals surface area (Å²) >= 11 is 5.84. The van der Waals surface area contributed by atoms with Gasteiger partial charge in [0.25, 0.3) is 5.91 Å². The van der Waals surface area contributed by atoms with Crippen LogP contribution in [-0.2, 0) is 0 Å². The van der Waals surface area contributed by atoms with Crippen LogP contribution in [-0.4, -0.2) is 41.3 Å². The van der Waals surface area contributed by atoms with Crippen LogP contribution < -0.4 is 10.5 Å². The van der Waals surface area contributed by atoms with Crippen LogP contribution in [0.15, 0.2) is 28.9 Å². The van der Waals surface area contributed by atoms with Crippen molar-refractivity contribution < 1.29 is 14.2 Å². The number of aromatic nitrogens is 2. The quantitative estimate of drug-likeness (QED) is 0.897. The molecule has 0 aliphatic rings. The smallest absolute Gasteiger partial charge is 0.279 e. The van der Waals surface area contributed by atoms with Gasteiger partial charge in [-0.3, -0.25) is 4.79 Å². The van der Waals surface area contributed by atoms with Crippen molar-refractivity contribution in [2.75, 3.05) is 25.9 Å². The number of nitrogens with zero attached hydrogens (tertiary/aromatic N) is 3. The molecule has 0 saturated carbocycles. The fraction of sp³-hybridized carbons (Fsp3) is 0.250. The predicted octanol–water partition coefficient (Wildman–Crippen LogP) is 1.46. The van der Waals surface area contributed by atoms with E-state index in [4.69, 9.17) is 22.1 Å². The van der Waals surface area contributed by atoms with Gasteiger partial charge in [0.1, 0.15) is 12.4 Å². The topological polar surface area (TPSA) is 94.5 Å². The van der Waals surface area contributed by atoms with Gasteiger partial charge in [0.15, 0.2) is 0 Å². The Morgan fingerprint density at radius 2 is 2.30 bits per heavy atom. The van der Waals surface area contributed by atoms with Crippen LogP contribution in [0.1, 0.15) is 10.5 Å². The van der Waals surface area contributed by atoms with Crippen molar-refractivity contribution >= 4 is 23.3 Å². The minimum atomic E-state index is -0.376. The third-order valence-corrected chi connectivity index (χ3v) is 2.79. The Kier molecular flexibility index (Phi) is 4.41. The first-order chi connectivity index (χ1) is 9.58. The number of amides is 1. The normalized spacial score (nSPS) is 10.3. The zero-order valence-corrected chi connectivity index (χ0v) is 11.5. The second-order valence-corrected chi connectivity index (χ2v) is 4.47. The molecule has 2 aromatic rings. The van der Waals surface area contributed by atoms with E-state index in [2.05, 4.69) is 14.9 Å². The van der Waals surface area contributed by atoms with E-state index in [-0.39, 0.29) is 17.4 Å². The van der Waals surface area contributed by atoms with Crippen LogP contribution in [0, 0.1) is 0 Å². The van der Waals surface area contributed by atoms with Crippen LogP contribution in [0.3, 0.4) is 0 Å². The van der Waals surface area contributed by atoms with E-state index in [0.717, 1.165) is 0 Å². The zero-order valence-electron chi connectivity index (χ0n) is 10.7. The molecular formula is C12H13ClN4O3. The third-order valence-electron chi connectivity index (χ3n) is 2.55. The van der Waals surface area contributed by atoms with Crippen molar-refractivity contribution in [3.8, 4) is 5.75 Å². The van der Waals surface area contributed by atoms with E-state index in [1.807, 2.05) is 0 Å². The molecule has 1 aromatic heterocycles. The number of anilines is 1. The van der Waals surface area contributed by atoms with Gasteiger partial charge in [0, 0.05) is 12.1 Å². The first-order valence-corrected chi connectivity index (χ1v) is 6.17. The van der Waals surface area contributed by atoms with Crippen molar-refractivity contribution in [1.82, 2.24) is 15.2 Å². The number of nitrogens with two attached hydrogens (primary N) is 1. The van der Waals surface area contributed by atoms with Gasteiger partial charge in [-0.1, -0.05) is 17.7 Å². The summed E-state index contributed by atoms with van der Waals surface area (Å²) in [5.74, 6) is 0.233. The lowest BCUT2D eigenvalue weighted by molar-refractivity contribution is 0.0763. The molecule has 0 bridgehead atoms. The summed E-state index contributed by atoms with van der Waals surface area (Å²) in [6, 6.07) is 7.02. The second-order valence-electron chi connectivity index (χ2n) is 4.03. The summed E-state index contributed by atoms with van der Waals surface area (Å²) in [4.78, 5) is 13.3. The zero-order chi connectivity index (χ0) is 14.5. The van der Waals surface area contributed by atoms with Gasteiger partial charge >= 0.3 is 0 Å². The second kappa shape index (κ2) is 6.25. The van der Waals surface area contributed by atoms with Gasteiger partial charge < -0.3 is 15.4 Å². The van der Waals surface area contributed by atoms with Crippen LogP contribution >= 0.6 is 11.6 Å². The highest BCUT2D eigenvalue weighted by Crippen LogP contribution is 2.17. The van der Waals surface area contributed by atoms with Gasteiger partial charge in [-0.2, -0.15) is 0 Å². The Morgan fingerprint density at radius 3 is 2.95 bits per heavy atom. The summed E-state index contributed by atoms with van der Waals surface area (Å²) in [7, 11) is 1.61. The number of hydrogen-bond donors (Lipinski definition) is 1. The molecule has 106 valence electrons. The Bertz CT molecular complexity index is 602. The maximum absolute atomic E-state index is 11.9. The largest absolute Gasteiger partial charge is 0.492 e. The Balaban J connectivity index is 1.85. The number of ether oxygens (including phenoxy) is 1. The molecule has 1 amide bonds. The summed E-state index contributed by atoms with van der Waals surface area (Å²) < 4.78 is 9.87. The molecule has 0 saturated heterocycles. The Morgan fingerprint density at radius 1 is 1.50 bits per heavy atom.